The zero-order chi connectivity index (χ0) is 19.4. The number of carbonyl (C=O) groups excluding carboxylic acids is 2. The molecule has 1 heterocycles. The van der Waals surface area contributed by atoms with E-state index in [1.165, 1.54) is 53.3 Å². The summed E-state index contributed by atoms with van der Waals surface area (Å²) >= 11 is 0. The Hall–Kier alpha value is -3.55. The minimum atomic E-state index is -0.732. The first-order valence-corrected chi connectivity index (χ1v) is 8.11. The fraction of sp³-hybridized carbons (Fsp3) is 0.105. The number of nitrogens with zero attached hydrogens (tertiary/aromatic N) is 2. The van der Waals surface area contributed by atoms with Gasteiger partial charge in [-0.3, -0.25) is 14.3 Å². The Morgan fingerprint density at radius 3 is 2.15 bits per heavy atom. The van der Waals surface area contributed by atoms with Crippen molar-refractivity contribution in [2.75, 3.05) is 10.6 Å². The smallest absolute Gasteiger partial charge is 0.276 e. The maximum atomic E-state index is 13.2. The van der Waals surface area contributed by atoms with Crippen LogP contribution in [0.3, 0.4) is 0 Å². The van der Waals surface area contributed by atoms with Crippen LogP contribution in [0.25, 0.3) is 0 Å². The normalized spacial score (nSPS) is 11.7. The molecule has 0 radical (unpaired) electrons. The molecule has 3 aromatic rings. The van der Waals surface area contributed by atoms with Gasteiger partial charge in [0.05, 0.1) is 0 Å². The lowest BCUT2D eigenvalue weighted by Gasteiger charge is -2.12. The Balaban J connectivity index is 1.67. The van der Waals surface area contributed by atoms with Crippen LogP contribution >= 0.6 is 0 Å². The van der Waals surface area contributed by atoms with E-state index in [0.717, 1.165) is 0 Å². The SMILES string of the molecule is C[C@@H](C(=O)Nc1cccc(F)c1)n1ccc(C(=O)Nc2cccc(F)c2)n1. The van der Waals surface area contributed by atoms with Crippen LogP contribution in [0.4, 0.5) is 20.2 Å². The predicted molar refractivity (Wildman–Crippen MR) is 96.3 cm³/mol. The summed E-state index contributed by atoms with van der Waals surface area (Å²) in [5, 5.41) is 9.20. The monoisotopic (exact) mass is 370 g/mol. The Bertz CT molecular complexity index is 987. The number of amides is 2. The number of hydrogen-bond donors (Lipinski definition) is 2. The van der Waals surface area contributed by atoms with Gasteiger partial charge < -0.3 is 10.6 Å². The predicted octanol–water partition coefficient (Wildman–Crippen LogP) is 3.61. The van der Waals surface area contributed by atoms with Crippen molar-refractivity contribution in [2.24, 2.45) is 0 Å². The molecule has 0 saturated heterocycles. The average Bonchev–Trinajstić information content (AvgIpc) is 3.11. The van der Waals surface area contributed by atoms with E-state index in [1.54, 1.807) is 19.1 Å². The van der Waals surface area contributed by atoms with Crippen molar-refractivity contribution >= 4 is 23.2 Å². The van der Waals surface area contributed by atoms with Gasteiger partial charge in [-0.1, -0.05) is 12.1 Å². The van der Waals surface area contributed by atoms with E-state index < -0.39 is 29.5 Å². The number of nitrogens with one attached hydrogen (secondary N) is 2. The number of aromatic nitrogens is 2. The van der Waals surface area contributed by atoms with Crippen LogP contribution in [-0.4, -0.2) is 21.6 Å². The zero-order valence-electron chi connectivity index (χ0n) is 14.3. The minimum absolute atomic E-state index is 0.0738. The summed E-state index contributed by atoms with van der Waals surface area (Å²) in [6.45, 7) is 1.59. The largest absolute Gasteiger partial charge is 0.324 e. The molecule has 1 aromatic heterocycles. The zero-order valence-corrected chi connectivity index (χ0v) is 14.3. The summed E-state index contributed by atoms with van der Waals surface area (Å²) in [5.41, 5.74) is 0.694. The Kier molecular flexibility index (Phi) is 5.25. The second-order valence-corrected chi connectivity index (χ2v) is 5.82. The highest BCUT2D eigenvalue weighted by Crippen LogP contribution is 2.14. The van der Waals surface area contributed by atoms with E-state index in [9.17, 15) is 18.4 Å². The summed E-state index contributed by atoms with van der Waals surface area (Å²) in [5.74, 6) is -1.88. The lowest BCUT2D eigenvalue weighted by molar-refractivity contribution is -0.119. The van der Waals surface area contributed by atoms with E-state index in [-0.39, 0.29) is 5.69 Å². The average molecular weight is 370 g/mol. The van der Waals surface area contributed by atoms with Crippen LogP contribution < -0.4 is 10.6 Å². The fourth-order valence-corrected chi connectivity index (χ4v) is 2.37. The molecule has 0 aliphatic heterocycles. The number of anilines is 2. The first-order valence-electron chi connectivity index (χ1n) is 8.11. The molecule has 27 heavy (non-hydrogen) atoms. The van der Waals surface area contributed by atoms with Crippen LogP contribution in [-0.2, 0) is 4.79 Å². The van der Waals surface area contributed by atoms with Gasteiger partial charge >= 0.3 is 0 Å². The second-order valence-electron chi connectivity index (χ2n) is 5.82. The number of hydrogen-bond acceptors (Lipinski definition) is 3. The maximum absolute atomic E-state index is 13.2. The van der Waals surface area contributed by atoms with Crippen LogP contribution in [0.5, 0.6) is 0 Å². The summed E-state index contributed by atoms with van der Waals surface area (Å²) in [4.78, 5) is 24.5. The molecule has 0 saturated carbocycles. The lowest BCUT2D eigenvalue weighted by atomic mass is 10.2. The summed E-state index contributed by atoms with van der Waals surface area (Å²) < 4.78 is 27.7. The molecule has 138 valence electrons. The standard InChI is InChI=1S/C19H16F2N4O2/c1-12(18(26)22-15-6-2-4-13(20)10-15)25-9-8-17(24-25)19(27)23-16-7-3-5-14(21)11-16/h2-12H,1H3,(H,22,26)(H,23,27)/t12-/m0/s1. The van der Waals surface area contributed by atoms with Gasteiger partial charge in [-0.2, -0.15) is 5.10 Å². The Labute approximate surface area is 153 Å². The molecule has 8 heteroatoms. The van der Waals surface area contributed by atoms with Crippen molar-refractivity contribution in [1.82, 2.24) is 9.78 Å². The Morgan fingerprint density at radius 2 is 1.56 bits per heavy atom. The maximum Gasteiger partial charge on any atom is 0.276 e. The summed E-state index contributed by atoms with van der Waals surface area (Å²) in [6.07, 6.45) is 1.48. The second kappa shape index (κ2) is 7.77. The highest BCUT2D eigenvalue weighted by Gasteiger charge is 2.18. The molecule has 6 nitrogen and oxygen atoms in total. The van der Waals surface area contributed by atoms with Gasteiger partial charge in [0.15, 0.2) is 5.69 Å². The summed E-state index contributed by atoms with van der Waals surface area (Å²) in [6, 6.07) is 11.7. The van der Waals surface area contributed by atoms with Gasteiger partial charge in [-0.15, -0.1) is 0 Å². The quantitative estimate of drug-likeness (QED) is 0.720. The summed E-state index contributed by atoms with van der Waals surface area (Å²) in [7, 11) is 0. The van der Waals surface area contributed by atoms with Crippen molar-refractivity contribution < 1.29 is 18.4 Å². The molecule has 3 rings (SSSR count). The van der Waals surface area contributed by atoms with Gasteiger partial charge in [-0.05, 0) is 49.4 Å². The molecule has 1 atom stereocenters. The first kappa shape index (κ1) is 18.2. The van der Waals surface area contributed by atoms with Crippen molar-refractivity contribution in [3.8, 4) is 0 Å². The number of halogens is 2. The third-order valence-corrected chi connectivity index (χ3v) is 3.79. The van der Waals surface area contributed by atoms with Crippen LogP contribution in [0.1, 0.15) is 23.5 Å². The van der Waals surface area contributed by atoms with Gasteiger partial charge in [0.2, 0.25) is 5.91 Å². The Morgan fingerprint density at radius 1 is 0.963 bits per heavy atom. The molecular formula is C19H16F2N4O2. The van der Waals surface area contributed by atoms with Crippen LogP contribution in [0, 0.1) is 11.6 Å². The van der Waals surface area contributed by atoms with Crippen molar-refractivity contribution in [3.05, 3.63) is 78.1 Å². The lowest BCUT2D eigenvalue weighted by Crippen LogP contribution is -2.24. The van der Waals surface area contributed by atoms with E-state index in [1.807, 2.05) is 0 Å². The van der Waals surface area contributed by atoms with Crippen molar-refractivity contribution in [3.63, 3.8) is 0 Å². The molecule has 2 N–H and O–H groups in total. The minimum Gasteiger partial charge on any atom is -0.324 e. The van der Waals surface area contributed by atoms with Gasteiger partial charge in [0.1, 0.15) is 17.7 Å². The molecule has 0 spiro atoms. The third kappa shape index (κ3) is 4.55. The van der Waals surface area contributed by atoms with Crippen molar-refractivity contribution in [2.45, 2.75) is 13.0 Å². The van der Waals surface area contributed by atoms with Crippen molar-refractivity contribution in [1.29, 1.82) is 0 Å². The van der Waals surface area contributed by atoms with Gasteiger partial charge in [0.25, 0.3) is 5.91 Å². The molecule has 0 unspecified atom stereocenters. The fourth-order valence-electron chi connectivity index (χ4n) is 2.37. The van der Waals surface area contributed by atoms with E-state index >= 15 is 0 Å². The van der Waals surface area contributed by atoms with E-state index in [0.29, 0.717) is 11.4 Å². The third-order valence-electron chi connectivity index (χ3n) is 3.79. The molecule has 0 fully saturated rings. The number of benzene rings is 2. The molecule has 2 aromatic carbocycles. The van der Waals surface area contributed by atoms with E-state index in [4.69, 9.17) is 0 Å². The highest BCUT2D eigenvalue weighted by atomic mass is 19.1. The molecule has 2 amide bonds. The van der Waals surface area contributed by atoms with Gasteiger partial charge in [0, 0.05) is 17.6 Å². The topological polar surface area (TPSA) is 76.0 Å². The molecule has 0 aliphatic carbocycles. The number of rotatable bonds is 5. The number of carbonyl (C=O) groups is 2. The van der Waals surface area contributed by atoms with Gasteiger partial charge in [-0.25, -0.2) is 8.78 Å². The molecule has 0 bridgehead atoms. The molecule has 0 aliphatic rings. The first-order chi connectivity index (χ1) is 12.9. The van der Waals surface area contributed by atoms with Crippen LogP contribution in [0.15, 0.2) is 60.8 Å². The van der Waals surface area contributed by atoms with Crippen LogP contribution in [0.2, 0.25) is 0 Å². The highest BCUT2D eigenvalue weighted by molar-refractivity contribution is 6.02. The molecular weight excluding hydrogens is 354 g/mol. The van der Waals surface area contributed by atoms with E-state index in [2.05, 4.69) is 15.7 Å².